The molecule has 0 aromatic carbocycles. The number of aromatic nitrogens is 3. The Morgan fingerprint density at radius 1 is 1.53 bits per heavy atom. The van der Waals surface area contributed by atoms with Crippen LogP contribution in [0.25, 0.3) is 5.52 Å². The number of esters is 1. The summed E-state index contributed by atoms with van der Waals surface area (Å²) >= 11 is 6.01. The van der Waals surface area contributed by atoms with E-state index in [1.54, 1.807) is 17.5 Å². The third-order valence-electron chi connectivity index (χ3n) is 2.51. The highest BCUT2D eigenvalue weighted by atomic mass is 35.5. The molecular weight excluding hydrogens is 242 g/mol. The molecule has 17 heavy (non-hydrogen) atoms. The minimum Gasteiger partial charge on any atom is -0.461 e. The molecule has 0 fully saturated rings. The van der Waals surface area contributed by atoms with Crippen LogP contribution < -0.4 is 0 Å². The van der Waals surface area contributed by atoms with E-state index in [0.29, 0.717) is 17.3 Å². The van der Waals surface area contributed by atoms with Crippen molar-refractivity contribution in [2.24, 2.45) is 0 Å². The van der Waals surface area contributed by atoms with Gasteiger partial charge in [0.1, 0.15) is 5.52 Å². The van der Waals surface area contributed by atoms with Crippen LogP contribution >= 0.6 is 11.6 Å². The molecule has 6 heteroatoms. The van der Waals surface area contributed by atoms with E-state index in [0.717, 1.165) is 11.4 Å². The van der Waals surface area contributed by atoms with Crippen LogP contribution in [-0.4, -0.2) is 27.2 Å². The van der Waals surface area contributed by atoms with E-state index < -0.39 is 5.97 Å². The summed E-state index contributed by atoms with van der Waals surface area (Å²) in [4.78, 5) is 15.7. The third-order valence-corrected chi connectivity index (χ3v) is 2.79. The van der Waals surface area contributed by atoms with Crippen LogP contribution in [0.5, 0.6) is 0 Å². The number of ether oxygens (including phenoxy) is 1. The molecule has 0 bridgehead atoms. The van der Waals surface area contributed by atoms with Crippen LogP contribution in [0, 0.1) is 13.8 Å². The van der Waals surface area contributed by atoms with E-state index in [1.807, 2.05) is 13.8 Å². The smallest absolute Gasteiger partial charge is 0.358 e. The maximum Gasteiger partial charge on any atom is 0.358 e. The Morgan fingerprint density at radius 2 is 2.24 bits per heavy atom. The average Bonchev–Trinajstić information content (AvgIpc) is 2.72. The number of carbonyl (C=O) groups excluding carboxylic acids is 1. The molecule has 0 saturated carbocycles. The first-order valence-corrected chi connectivity index (χ1v) is 5.62. The van der Waals surface area contributed by atoms with E-state index in [1.165, 1.54) is 0 Å². The average molecular weight is 254 g/mol. The van der Waals surface area contributed by atoms with Gasteiger partial charge in [0, 0.05) is 6.07 Å². The fraction of sp³-hybridized carbons (Fsp3) is 0.364. The van der Waals surface area contributed by atoms with Crippen molar-refractivity contribution in [1.82, 2.24) is 14.6 Å². The van der Waals surface area contributed by atoms with Gasteiger partial charge in [-0.3, -0.25) is 0 Å². The molecule has 0 saturated heterocycles. The highest BCUT2D eigenvalue weighted by Gasteiger charge is 2.16. The van der Waals surface area contributed by atoms with Gasteiger partial charge in [-0.15, -0.1) is 0 Å². The van der Waals surface area contributed by atoms with E-state index in [9.17, 15) is 4.79 Å². The van der Waals surface area contributed by atoms with Gasteiger partial charge in [-0.05, 0) is 20.8 Å². The van der Waals surface area contributed by atoms with Crippen molar-refractivity contribution in [2.45, 2.75) is 20.8 Å². The third kappa shape index (κ3) is 1.98. The number of halogens is 1. The molecule has 2 heterocycles. The monoisotopic (exact) mass is 253 g/mol. The zero-order valence-electron chi connectivity index (χ0n) is 9.82. The molecule has 0 amide bonds. The summed E-state index contributed by atoms with van der Waals surface area (Å²) in [6.45, 7) is 5.77. The Labute approximate surface area is 103 Å². The Bertz CT molecular complexity index is 592. The molecule has 0 atom stereocenters. The van der Waals surface area contributed by atoms with E-state index in [2.05, 4.69) is 10.1 Å². The second kappa shape index (κ2) is 4.33. The van der Waals surface area contributed by atoms with Crippen LogP contribution in [0.15, 0.2) is 6.07 Å². The quantitative estimate of drug-likeness (QED) is 0.770. The zero-order valence-corrected chi connectivity index (χ0v) is 10.6. The van der Waals surface area contributed by atoms with Crippen molar-refractivity contribution >= 4 is 23.1 Å². The molecule has 0 aliphatic carbocycles. The second-order valence-corrected chi connectivity index (χ2v) is 3.98. The van der Waals surface area contributed by atoms with Gasteiger partial charge in [0.05, 0.1) is 18.0 Å². The Hall–Kier alpha value is -1.62. The van der Waals surface area contributed by atoms with Gasteiger partial charge in [0.15, 0.2) is 10.8 Å². The van der Waals surface area contributed by atoms with Crippen LogP contribution in [0.1, 0.15) is 28.8 Å². The van der Waals surface area contributed by atoms with Crippen molar-refractivity contribution < 1.29 is 9.53 Å². The van der Waals surface area contributed by atoms with Gasteiger partial charge in [-0.25, -0.2) is 14.3 Å². The summed E-state index contributed by atoms with van der Waals surface area (Å²) in [5, 5.41) is 4.50. The van der Waals surface area contributed by atoms with Crippen LogP contribution in [0.3, 0.4) is 0 Å². The van der Waals surface area contributed by atoms with E-state index in [4.69, 9.17) is 16.3 Å². The minimum absolute atomic E-state index is 0.240. The molecule has 0 radical (unpaired) electrons. The number of carbonyl (C=O) groups is 1. The summed E-state index contributed by atoms with van der Waals surface area (Å²) in [5.41, 5.74) is 2.48. The van der Waals surface area contributed by atoms with Crippen LogP contribution in [-0.2, 0) is 4.74 Å². The van der Waals surface area contributed by atoms with Gasteiger partial charge < -0.3 is 4.74 Å². The first kappa shape index (κ1) is 11.9. The molecule has 0 aliphatic rings. The maximum atomic E-state index is 11.6. The fourth-order valence-corrected chi connectivity index (χ4v) is 1.79. The number of fused-ring (bicyclic) bond motifs is 1. The van der Waals surface area contributed by atoms with E-state index >= 15 is 0 Å². The lowest BCUT2D eigenvalue weighted by Crippen LogP contribution is -2.06. The lowest BCUT2D eigenvalue weighted by molar-refractivity contribution is 0.0519. The largest absolute Gasteiger partial charge is 0.461 e. The predicted octanol–water partition coefficient (Wildman–Crippen LogP) is 2.18. The lowest BCUT2D eigenvalue weighted by Gasteiger charge is -2.03. The number of nitrogens with zero attached hydrogens (tertiary/aromatic N) is 3. The summed E-state index contributed by atoms with van der Waals surface area (Å²) in [5.74, 6) is -0.454. The fourth-order valence-electron chi connectivity index (χ4n) is 1.53. The Morgan fingerprint density at radius 3 is 2.88 bits per heavy atom. The molecule has 0 unspecified atom stereocenters. The number of rotatable bonds is 2. The number of hydrogen-bond donors (Lipinski definition) is 0. The maximum absolute atomic E-state index is 11.6. The number of hydrogen-bond acceptors (Lipinski definition) is 4. The highest BCUT2D eigenvalue weighted by Crippen LogP contribution is 2.19. The second-order valence-electron chi connectivity index (χ2n) is 3.62. The SMILES string of the molecule is CCOC(=O)c1cc2c(Cl)nc(C)c(C)n2n1. The Kier molecular flexibility index (Phi) is 3.02. The molecule has 2 aromatic rings. The standard InChI is InChI=1S/C11H12ClN3O2/c1-4-17-11(16)8-5-9-10(12)13-6(2)7(3)15(9)14-8/h5H,4H2,1-3H3. The summed E-state index contributed by atoms with van der Waals surface area (Å²) < 4.78 is 6.50. The predicted molar refractivity (Wildman–Crippen MR) is 63.4 cm³/mol. The molecule has 0 aliphatic heterocycles. The van der Waals surface area contributed by atoms with Crippen molar-refractivity contribution in [3.63, 3.8) is 0 Å². The molecule has 0 spiro atoms. The topological polar surface area (TPSA) is 56.5 Å². The molecule has 90 valence electrons. The molecular formula is C11H12ClN3O2. The molecule has 2 rings (SSSR count). The highest BCUT2D eigenvalue weighted by molar-refractivity contribution is 6.32. The van der Waals surface area contributed by atoms with E-state index in [-0.39, 0.29) is 5.69 Å². The van der Waals surface area contributed by atoms with Gasteiger partial charge in [-0.2, -0.15) is 5.10 Å². The molecule has 5 nitrogen and oxygen atoms in total. The minimum atomic E-state index is -0.454. The van der Waals surface area contributed by atoms with Crippen LogP contribution in [0.4, 0.5) is 0 Å². The van der Waals surface area contributed by atoms with Gasteiger partial charge in [0.25, 0.3) is 0 Å². The summed E-state index contributed by atoms with van der Waals surface area (Å²) in [6, 6.07) is 1.58. The number of aryl methyl sites for hydroxylation is 2. The van der Waals surface area contributed by atoms with Gasteiger partial charge >= 0.3 is 5.97 Å². The molecule has 0 N–H and O–H groups in total. The lowest BCUT2D eigenvalue weighted by atomic mass is 10.3. The summed E-state index contributed by atoms with van der Waals surface area (Å²) in [6.07, 6.45) is 0. The first-order valence-electron chi connectivity index (χ1n) is 5.24. The van der Waals surface area contributed by atoms with Crippen molar-refractivity contribution in [3.05, 3.63) is 28.3 Å². The normalized spacial score (nSPS) is 10.8. The van der Waals surface area contributed by atoms with Crippen molar-refractivity contribution in [2.75, 3.05) is 6.61 Å². The first-order chi connectivity index (χ1) is 8.04. The van der Waals surface area contributed by atoms with Gasteiger partial charge in [-0.1, -0.05) is 11.6 Å². The van der Waals surface area contributed by atoms with Crippen molar-refractivity contribution in [3.8, 4) is 0 Å². The summed E-state index contributed by atoms with van der Waals surface area (Å²) in [7, 11) is 0. The Balaban J connectivity index is 2.61. The molecule has 2 aromatic heterocycles. The van der Waals surface area contributed by atoms with Crippen molar-refractivity contribution in [1.29, 1.82) is 0 Å². The van der Waals surface area contributed by atoms with Gasteiger partial charge in [0.2, 0.25) is 0 Å². The zero-order chi connectivity index (χ0) is 12.6. The van der Waals surface area contributed by atoms with Crippen LogP contribution in [0.2, 0.25) is 5.15 Å².